The van der Waals surface area contributed by atoms with Gasteiger partial charge in [0, 0.05) is 35.3 Å². The Kier molecular flexibility index (Phi) is 5.89. The third-order valence-corrected chi connectivity index (χ3v) is 5.37. The molecule has 0 spiro atoms. The van der Waals surface area contributed by atoms with Crippen LogP contribution in [0.2, 0.25) is 0 Å². The smallest absolute Gasteiger partial charge is 0.282 e. The van der Waals surface area contributed by atoms with Crippen molar-refractivity contribution in [2.45, 2.75) is 13.3 Å². The summed E-state index contributed by atoms with van der Waals surface area (Å²) in [5.41, 5.74) is 2.37. The maximum atomic E-state index is 12.0. The molecule has 0 saturated carbocycles. The molecule has 0 aliphatic carbocycles. The third kappa shape index (κ3) is 4.61. The van der Waals surface area contributed by atoms with Gasteiger partial charge in [-0.1, -0.05) is 30.8 Å². The first kappa shape index (κ1) is 18.4. The Balaban J connectivity index is 1.59. The molecule has 136 valence electrons. The fourth-order valence-corrected chi connectivity index (χ4v) is 3.90. The van der Waals surface area contributed by atoms with E-state index in [9.17, 15) is 14.4 Å². The lowest BCUT2D eigenvalue weighted by atomic mass is 10.1. The van der Waals surface area contributed by atoms with Crippen molar-refractivity contribution in [3.05, 3.63) is 29.6 Å². The zero-order chi connectivity index (χ0) is 18.5. The van der Waals surface area contributed by atoms with Crippen molar-refractivity contribution in [2.24, 2.45) is 0 Å². The molecular formula is C17H18N4O3S2. The van der Waals surface area contributed by atoms with Crippen LogP contribution >= 0.6 is 23.1 Å². The van der Waals surface area contributed by atoms with Gasteiger partial charge < -0.3 is 15.5 Å². The number of carbonyl (C=O) groups excluding carboxylic acids is 3. The lowest BCUT2D eigenvalue weighted by Crippen LogP contribution is -2.33. The van der Waals surface area contributed by atoms with Crippen LogP contribution in [0.25, 0.3) is 11.3 Å². The van der Waals surface area contributed by atoms with Gasteiger partial charge in [0.05, 0.1) is 5.69 Å². The van der Waals surface area contributed by atoms with Crippen LogP contribution in [-0.2, 0) is 9.59 Å². The molecule has 26 heavy (non-hydrogen) atoms. The van der Waals surface area contributed by atoms with Gasteiger partial charge in [0.25, 0.3) is 5.24 Å². The molecule has 0 radical (unpaired) electrons. The summed E-state index contributed by atoms with van der Waals surface area (Å²) < 4.78 is 0. The van der Waals surface area contributed by atoms with Crippen LogP contribution in [0.5, 0.6) is 0 Å². The molecule has 0 unspecified atom stereocenters. The van der Waals surface area contributed by atoms with E-state index in [-0.39, 0.29) is 23.6 Å². The highest BCUT2D eigenvalue weighted by Gasteiger charge is 2.23. The van der Waals surface area contributed by atoms with Gasteiger partial charge in [0.15, 0.2) is 5.13 Å². The third-order valence-electron chi connectivity index (χ3n) is 3.72. The number of benzene rings is 1. The highest BCUT2D eigenvalue weighted by molar-refractivity contribution is 8.13. The molecule has 0 atom stereocenters. The number of rotatable bonds is 6. The van der Waals surface area contributed by atoms with Crippen LogP contribution in [0, 0.1) is 0 Å². The Labute approximate surface area is 159 Å². The van der Waals surface area contributed by atoms with E-state index in [1.807, 2.05) is 29.6 Å². The fourth-order valence-electron chi connectivity index (χ4n) is 2.34. The molecular weight excluding hydrogens is 372 g/mol. The fraction of sp³-hybridized carbons (Fsp3) is 0.294. The largest absolute Gasteiger partial charge is 0.326 e. The van der Waals surface area contributed by atoms with Crippen molar-refractivity contribution in [3.8, 4) is 11.3 Å². The van der Waals surface area contributed by atoms with E-state index >= 15 is 0 Å². The number of aromatic nitrogens is 1. The van der Waals surface area contributed by atoms with Crippen LogP contribution in [0.15, 0.2) is 29.6 Å². The van der Waals surface area contributed by atoms with Gasteiger partial charge in [-0.05, 0) is 12.1 Å². The van der Waals surface area contributed by atoms with Crippen LogP contribution in [0.3, 0.4) is 0 Å². The van der Waals surface area contributed by atoms with E-state index in [2.05, 4.69) is 15.6 Å². The van der Waals surface area contributed by atoms with Gasteiger partial charge in [0.1, 0.15) is 6.54 Å². The first-order chi connectivity index (χ1) is 12.5. The van der Waals surface area contributed by atoms with Crippen molar-refractivity contribution < 1.29 is 14.4 Å². The summed E-state index contributed by atoms with van der Waals surface area (Å²) in [5.74, 6) is 0.438. The molecule has 1 aliphatic rings. The van der Waals surface area contributed by atoms with Gasteiger partial charge in [0.2, 0.25) is 11.8 Å². The Hall–Kier alpha value is -2.39. The van der Waals surface area contributed by atoms with E-state index in [0.29, 0.717) is 18.1 Å². The molecule has 1 aromatic heterocycles. The highest BCUT2D eigenvalue weighted by Crippen LogP contribution is 2.26. The number of amides is 3. The molecule has 2 heterocycles. The lowest BCUT2D eigenvalue weighted by molar-refractivity contribution is -0.117. The second-order valence-corrected chi connectivity index (χ2v) is 7.51. The number of thiazole rings is 1. The van der Waals surface area contributed by atoms with Crippen molar-refractivity contribution in [2.75, 3.05) is 29.5 Å². The number of hydrogen-bond acceptors (Lipinski definition) is 6. The molecule has 1 aromatic carbocycles. The number of anilines is 2. The maximum Gasteiger partial charge on any atom is 0.282 e. The number of carbonyl (C=O) groups is 3. The molecule has 2 aromatic rings. The zero-order valence-corrected chi connectivity index (χ0v) is 15.8. The SMILES string of the molecule is CCC(=O)Nc1ccc(-c2csc(NC(=O)CN3CCSC3=O)n2)cc1. The molecule has 7 nitrogen and oxygen atoms in total. The first-order valence-corrected chi connectivity index (χ1v) is 9.99. The Morgan fingerprint density at radius 2 is 1.96 bits per heavy atom. The summed E-state index contributed by atoms with van der Waals surface area (Å²) in [5, 5.41) is 7.81. The standard InChI is InChI=1S/C17H18N4O3S2/c1-2-14(22)18-12-5-3-11(4-6-12)13-10-26-16(19-13)20-15(23)9-21-7-8-25-17(21)24/h3-6,10H,2,7-9H2,1H3,(H,18,22)(H,19,20,23). The van der Waals surface area contributed by atoms with Crippen LogP contribution in [-0.4, -0.2) is 45.8 Å². The van der Waals surface area contributed by atoms with E-state index in [0.717, 1.165) is 22.7 Å². The van der Waals surface area contributed by atoms with Gasteiger partial charge in [-0.25, -0.2) is 4.98 Å². The second-order valence-electron chi connectivity index (χ2n) is 5.60. The van der Waals surface area contributed by atoms with E-state index in [1.165, 1.54) is 28.0 Å². The van der Waals surface area contributed by atoms with Crippen LogP contribution in [0.4, 0.5) is 15.6 Å². The molecule has 1 fully saturated rings. The minimum Gasteiger partial charge on any atom is -0.326 e. The van der Waals surface area contributed by atoms with Crippen LogP contribution in [0.1, 0.15) is 13.3 Å². The minimum absolute atomic E-state index is 0.0358. The van der Waals surface area contributed by atoms with E-state index in [4.69, 9.17) is 0 Å². The Morgan fingerprint density at radius 1 is 1.19 bits per heavy atom. The van der Waals surface area contributed by atoms with Crippen molar-refractivity contribution in [1.29, 1.82) is 0 Å². The van der Waals surface area contributed by atoms with Crippen molar-refractivity contribution in [3.63, 3.8) is 0 Å². The quantitative estimate of drug-likeness (QED) is 0.790. The summed E-state index contributed by atoms with van der Waals surface area (Å²) in [6, 6.07) is 7.37. The summed E-state index contributed by atoms with van der Waals surface area (Å²) >= 11 is 2.56. The predicted molar refractivity (Wildman–Crippen MR) is 105 cm³/mol. The highest BCUT2D eigenvalue weighted by atomic mass is 32.2. The Morgan fingerprint density at radius 3 is 2.62 bits per heavy atom. The van der Waals surface area contributed by atoms with Crippen molar-refractivity contribution >= 4 is 51.0 Å². The molecule has 3 rings (SSSR count). The maximum absolute atomic E-state index is 12.0. The normalized spacial score (nSPS) is 13.7. The second kappa shape index (κ2) is 8.33. The average molecular weight is 390 g/mol. The minimum atomic E-state index is -0.251. The van der Waals surface area contributed by atoms with Gasteiger partial charge in [-0.2, -0.15) is 0 Å². The zero-order valence-electron chi connectivity index (χ0n) is 14.2. The van der Waals surface area contributed by atoms with E-state index in [1.54, 1.807) is 6.92 Å². The summed E-state index contributed by atoms with van der Waals surface area (Å²) in [7, 11) is 0. The number of thioether (sulfide) groups is 1. The molecule has 3 amide bonds. The monoisotopic (exact) mass is 390 g/mol. The van der Waals surface area contributed by atoms with Gasteiger partial charge >= 0.3 is 0 Å². The molecule has 0 bridgehead atoms. The predicted octanol–water partition coefficient (Wildman–Crippen LogP) is 3.27. The summed E-state index contributed by atoms with van der Waals surface area (Å²) in [6.07, 6.45) is 0.429. The number of nitrogens with one attached hydrogen (secondary N) is 2. The topological polar surface area (TPSA) is 91.4 Å². The molecule has 1 saturated heterocycles. The lowest BCUT2D eigenvalue weighted by Gasteiger charge is -2.12. The van der Waals surface area contributed by atoms with Gasteiger partial charge in [-0.15, -0.1) is 11.3 Å². The molecule has 9 heteroatoms. The number of nitrogens with zero attached hydrogens (tertiary/aromatic N) is 2. The molecule has 1 aliphatic heterocycles. The summed E-state index contributed by atoms with van der Waals surface area (Å²) in [4.78, 5) is 40.9. The molecule has 2 N–H and O–H groups in total. The first-order valence-electron chi connectivity index (χ1n) is 8.12. The Bertz CT molecular complexity index is 820. The van der Waals surface area contributed by atoms with E-state index < -0.39 is 0 Å². The number of hydrogen-bond donors (Lipinski definition) is 2. The average Bonchev–Trinajstić information content (AvgIpc) is 3.25. The van der Waals surface area contributed by atoms with Crippen molar-refractivity contribution in [1.82, 2.24) is 9.88 Å². The van der Waals surface area contributed by atoms with Gasteiger partial charge in [-0.3, -0.25) is 14.4 Å². The summed E-state index contributed by atoms with van der Waals surface area (Å²) in [6.45, 7) is 2.45. The van der Waals surface area contributed by atoms with Crippen LogP contribution < -0.4 is 10.6 Å².